The molecule has 1 aromatic heterocycles. The summed E-state index contributed by atoms with van der Waals surface area (Å²) in [4.78, 5) is 19.2. The number of rotatable bonds is 8. The lowest BCUT2D eigenvalue weighted by Gasteiger charge is -2.14. The summed E-state index contributed by atoms with van der Waals surface area (Å²) in [5.74, 6) is -0.0480. The van der Waals surface area contributed by atoms with E-state index in [1.54, 1.807) is 6.07 Å². The summed E-state index contributed by atoms with van der Waals surface area (Å²) in [5.41, 5.74) is 1.03. The summed E-state index contributed by atoms with van der Waals surface area (Å²) in [6, 6.07) is 10.7. The molecule has 6 heteroatoms. The predicted molar refractivity (Wildman–Crippen MR) is 82.8 cm³/mol. The molecule has 0 aliphatic rings. The topological polar surface area (TPSA) is 84.3 Å². The van der Waals surface area contributed by atoms with Crippen molar-refractivity contribution in [1.29, 1.82) is 0 Å². The van der Waals surface area contributed by atoms with Crippen molar-refractivity contribution in [3.63, 3.8) is 0 Å². The minimum atomic E-state index is -0.896. The van der Waals surface area contributed by atoms with E-state index in [1.807, 2.05) is 37.3 Å². The van der Waals surface area contributed by atoms with Gasteiger partial charge >= 0.3 is 5.97 Å². The molecule has 0 fully saturated rings. The van der Waals surface area contributed by atoms with Gasteiger partial charge in [-0.15, -0.1) is 0 Å². The van der Waals surface area contributed by atoms with E-state index in [1.165, 1.54) is 6.33 Å². The molecule has 1 unspecified atom stereocenters. The second-order valence-electron chi connectivity index (χ2n) is 4.84. The van der Waals surface area contributed by atoms with Crippen molar-refractivity contribution < 1.29 is 14.6 Å². The standard InChI is InChI=1S/C16H19N3O3/c1-2-6-13(16(20)21)19-14-9-15(18-11-17-14)22-10-12-7-4-3-5-8-12/h3-5,7-9,11,13H,2,6,10H2,1H3,(H,20,21)(H,17,18,19). The van der Waals surface area contributed by atoms with Crippen molar-refractivity contribution in [1.82, 2.24) is 9.97 Å². The first-order valence-corrected chi connectivity index (χ1v) is 7.17. The molecule has 6 nitrogen and oxygen atoms in total. The molecule has 0 amide bonds. The van der Waals surface area contributed by atoms with Gasteiger partial charge in [-0.05, 0) is 12.0 Å². The first kappa shape index (κ1) is 15.8. The van der Waals surface area contributed by atoms with Crippen LogP contribution < -0.4 is 10.1 Å². The highest BCUT2D eigenvalue weighted by Gasteiger charge is 2.16. The number of carbonyl (C=O) groups is 1. The molecule has 2 rings (SSSR count). The fourth-order valence-corrected chi connectivity index (χ4v) is 1.95. The predicted octanol–water partition coefficient (Wildman–Crippen LogP) is 2.72. The molecule has 0 radical (unpaired) electrons. The molecule has 0 aliphatic carbocycles. The Balaban J connectivity index is 1.98. The maximum atomic E-state index is 11.2. The van der Waals surface area contributed by atoms with Gasteiger partial charge in [0, 0.05) is 6.07 Å². The van der Waals surface area contributed by atoms with Crippen molar-refractivity contribution in [3.05, 3.63) is 48.3 Å². The Morgan fingerprint density at radius 3 is 2.77 bits per heavy atom. The molecule has 0 aliphatic heterocycles. The molecule has 2 N–H and O–H groups in total. The number of carboxylic acid groups (broad SMARTS) is 1. The van der Waals surface area contributed by atoms with Crippen LogP contribution in [0.2, 0.25) is 0 Å². The lowest BCUT2D eigenvalue weighted by Crippen LogP contribution is -2.29. The van der Waals surface area contributed by atoms with Gasteiger partial charge in [0.1, 0.15) is 24.8 Å². The van der Waals surface area contributed by atoms with Gasteiger partial charge in [-0.1, -0.05) is 43.7 Å². The molecular weight excluding hydrogens is 282 g/mol. The van der Waals surface area contributed by atoms with E-state index >= 15 is 0 Å². The van der Waals surface area contributed by atoms with E-state index in [9.17, 15) is 4.79 Å². The van der Waals surface area contributed by atoms with Crippen molar-refractivity contribution in [2.45, 2.75) is 32.4 Å². The van der Waals surface area contributed by atoms with Gasteiger partial charge in [0.05, 0.1) is 0 Å². The van der Waals surface area contributed by atoms with Crippen LogP contribution in [0.25, 0.3) is 0 Å². The second-order valence-corrected chi connectivity index (χ2v) is 4.84. The van der Waals surface area contributed by atoms with Gasteiger partial charge in [-0.25, -0.2) is 14.8 Å². The molecule has 0 saturated carbocycles. The number of aromatic nitrogens is 2. The van der Waals surface area contributed by atoms with E-state index in [-0.39, 0.29) is 0 Å². The third-order valence-electron chi connectivity index (χ3n) is 3.07. The number of aliphatic carboxylic acids is 1. The summed E-state index contributed by atoms with van der Waals surface area (Å²) >= 11 is 0. The van der Waals surface area contributed by atoms with Crippen LogP contribution in [0.4, 0.5) is 5.82 Å². The largest absolute Gasteiger partial charge is 0.480 e. The monoisotopic (exact) mass is 301 g/mol. The number of anilines is 1. The Kier molecular flexibility index (Phi) is 5.71. The van der Waals surface area contributed by atoms with E-state index in [4.69, 9.17) is 9.84 Å². The number of carboxylic acids is 1. The zero-order valence-corrected chi connectivity index (χ0v) is 12.4. The van der Waals surface area contributed by atoms with Crippen molar-refractivity contribution in [2.75, 3.05) is 5.32 Å². The Morgan fingerprint density at radius 2 is 2.09 bits per heavy atom. The van der Waals surface area contributed by atoms with Crippen molar-refractivity contribution in [2.24, 2.45) is 0 Å². The summed E-state index contributed by atoms with van der Waals surface area (Å²) in [7, 11) is 0. The van der Waals surface area contributed by atoms with Crippen molar-refractivity contribution >= 4 is 11.8 Å². The summed E-state index contributed by atoms with van der Waals surface area (Å²) in [6.07, 6.45) is 2.65. The average Bonchev–Trinajstić information content (AvgIpc) is 2.54. The molecular formula is C16H19N3O3. The second kappa shape index (κ2) is 7.97. The molecule has 0 spiro atoms. The summed E-state index contributed by atoms with van der Waals surface area (Å²) < 4.78 is 5.60. The highest BCUT2D eigenvalue weighted by atomic mass is 16.5. The third-order valence-corrected chi connectivity index (χ3v) is 3.07. The number of hydrogen-bond donors (Lipinski definition) is 2. The van der Waals surface area contributed by atoms with Crippen LogP contribution in [0, 0.1) is 0 Å². The molecule has 1 aromatic carbocycles. The van der Waals surface area contributed by atoms with Crippen LogP contribution >= 0.6 is 0 Å². The number of benzene rings is 1. The molecule has 2 aromatic rings. The zero-order chi connectivity index (χ0) is 15.8. The molecule has 22 heavy (non-hydrogen) atoms. The molecule has 116 valence electrons. The first-order chi connectivity index (χ1) is 10.7. The van der Waals surface area contributed by atoms with Crippen LogP contribution in [-0.4, -0.2) is 27.1 Å². The maximum absolute atomic E-state index is 11.2. The summed E-state index contributed by atoms with van der Waals surface area (Å²) in [5, 5.41) is 12.0. The Bertz CT molecular complexity index is 605. The smallest absolute Gasteiger partial charge is 0.326 e. The third kappa shape index (κ3) is 4.73. The lowest BCUT2D eigenvalue weighted by molar-refractivity contribution is -0.138. The van der Waals surface area contributed by atoms with E-state index in [0.717, 1.165) is 12.0 Å². The molecule has 0 bridgehead atoms. The Labute approximate surface area is 129 Å². The number of nitrogens with zero attached hydrogens (tertiary/aromatic N) is 2. The van der Waals surface area contributed by atoms with Gasteiger partial charge < -0.3 is 15.2 Å². The van der Waals surface area contributed by atoms with E-state index < -0.39 is 12.0 Å². The van der Waals surface area contributed by atoms with E-state index in [2.05, 4.69) is 15.3 Å². The fourth-order valence-electron chi connectivity index (χ4n) is 1.95. The average molecular weight is 301 g/mol. The number of ether oxygens (including phenoxy) is 1. The maximum Gasteiger partial charge on any atom is 0.326 e. The normalized spacial score (nSPS) is 11.7. The van der Waals surface area contributed by atoms with Crippen LogP contribution in [0.5, 0.6) is 5.88 Å². The fraction of sp³-hybridized carbons (Fsp3) is 0.312. The van der Waals surface area contributed by atoms with Gasteiger partial charge in [-0.2, -0.15) is 0 Å². The van der Waals surface area contributed by atoms with Crippen LogP contribution in [-0.2, 0) is 11.4 Å². The van der Waals surface area contributed by atoms with Gasteiger partial charge in [0.25, 0.3) is 0 Å². The van der Waals surface area contributed by atoms with Gasteiger partial charge in [-0.3, -0.25) is 0 Å². The minimum Gasteiger partial charge on any atom is -0.480 e. The highest BCUT2D eigenvalue weighted by Crippen LogP contribution is 2.15. The molecule has 0 saturated heterocycles. The first-order valence-electron chi connectivity index (χ1n) is 7.17. The highest BCUT2D eigenvalue weighted by molar-refractivity contribution is 5.76. The molecule has 1 atom stereocenters. The quantitative estimate of drug-likeness (QED) is 0.780. The van der Waals surface area contributed by atoms with Crippen LogP contribution in [0.1, 0.15) is 25.3 Å². The van der Waals surface area contributed by atoms with Crippen LogP contribution in [0.3, 0.4) is 0 Å². The minimum absolute atomic E-state index is 0.397. The zero-order valence-electron chi connectivity index (χ0n) is 12.4. The van der Waals surface area contributed by atoms with Gasteiger partial charge in [0.2, 0.25) is 5.88 Å². The summed E-state index contributed by atoms with van der Waals surface area (Å²) in [6.45, 7) is 2.33. The Hall–Kier alpha value is -2.63. The number of nitrogens with one attached hydrogen (secondary N) is 1. The van der Waals surface area contributed by atoms with Crippen LogP contribution in [0.15, 0.2) is 42.7 Å². The Morgan fingerprint density at radius 1 is 1.32 bits per heavy atom. The molecule has 1 heterocycles. The van der Waals surface area contributed by atoms with Gasteiger partial charge in [0.15, 0.2) is 0 Å². The lowest BCUT2D eigenvalue weighted by atomic mass is 10.2. The van der Waals surface area contributed by atoms with Crippen molar-refractivity contribution in [3.8, 4) is 5.88 Å². The number of hydrogen-bond acceptors (Lipinski definition) is 5. The SMILES string of the molecule is CCCC(Nc1cc(OCc2ccccc2)ncn1)C(=O)O. The van der Waals surface area contributed by atoms with E-state index in [0.29, 0.717) is 24.7 Å².